The molecule has 3 saturated heterocycles. The van der Waals surface area contributed by atoms with Crippen LogP contribution in [0, 0.1) is 34.0 Å². The Kier molecular flexibility index (Phi) is 4.50. The van der Waals surface area contributed by atoms with E-state index in [0.717, 1.165) is 18.4 Å². The van der Waals surface area contributed by atoms with Crippen LogP contribution in [-0.2, 0) is 23.8 Å². The van der Waals surface area contributed by atoms with Gasteiger partial charge in [0.1, 0.15) is 17.3 Å². The van der Waals surface area contributed by atoms with E-state index < -0.39 is 45.9 Å². The Labute approximate surface area is 190 Å². The number of hydrogen-bond acceptors (Lipinski definition) is 6. The van der Waals surface area contributed by atoms with Crippen molar-refractivity contribution in [3.63, 3.8) is 0 Å². The van der Waals surface area contributed by atoms with Gasteiger partial charge in [-0.1, -0.05) is 32.1 Å². The maximum Gasteiger partial charge on any atom is 0.213 e. The summed E-state index contributed by atoms with van der Waals surface area (Å²) in [7, 11) is 0. The zero-order valence-electron chi connectivity index (χ0n) is 20.1. The van der Waals surface area contributed by atoms with Crippen LogP contribution in [0.4, 0.5) is 0 Å². The Bertz CT molecular complexity index is 937. The van der Waals surface area contributed by atoms with Gasteiger partial charge < -0.3 is 19.3 Å². The van der Waals surface area contributed by atoms with Crippen molar-refractivity contribution in [1.29, 1.82) is 0 Å². The van der Waals surface area contributed by atoms with Crippen LogP contribution in [-0.4, -0.2) is 47.1 Å². The molecule has 6 heteroatoms. The van der Waals surface area contributed by atoms with E-state index in [9.17, 15) is 14.7 Å². The lowest BCUT2D eigenvalue weighted by Gasteiger charge is -2.77. The number of aliphatic hydroxyl groups excluding tert-OH is 1. The van der Waals surface area contributed by atoms with Crippen molar-refractivity contribution in [2.45, 2.75) is 84.6 Å². The molecule has 2 spiro atoms. The Hall–Kier alpha value is -1.34. The molecule has 0 amide bonds. The van der Waals surface area contributed by atoms with Crippen molar-refractivity contribution in [1.82, 2.24) is 0 Å². The fraction of sp³-hybridized carbons (Fsp3) is 0.769. The molecule has 32 heavy (non-hydrogen) atoms. The maximum absolute atomic E-state index is 13.8. The van der Waals surface area contributed by atoms with Crippen LogP contribution in [0.15, 0.2) is 24.3 Å². The van der Waals surface area contributed by atoms with Gasteiger partial charge in [-0.05, 0) is 64.4 Å². The highest BCUT2D eigenvalue weighted by Gasteiger charge is 2.87. The minimum atomic E-state index is -1.57. The summed E-state index contributed by atoms with van der Waals surface area (Å²) < 4.78 is 19.5. The smallest absolute Gasteiger partial charge is 0.213 e. The van der Waals surface area contributed by atoms with Gasteiger partial charge >= 0.3 is 0 Å². The van der Waals surface area contributed by atoms with E-state index in [1.165, 1.54) is 6.92 Å². The summed E-state index contributed by atoms with van der Waals surface area (Å²) in [4.78, 5) is 27.5. The molecule has 0 radical (unpaired) electrons. The number of Topliss-reactive ketones (excluding diaryl/α,β-unsaturated/α-hetero) is 1. The van der Waals surface area contributed by atoms with E-state index >= 15 is 0 Å². The maximum atomic E-state index is 13.8. The minimum Gasteiger partial charge on any atom is -0.387 e. The molecule has 6 rings (SSSR count). The standard InChI is InChI=1S/C26H36O6/c1-8-23(7)12-11-18(28)24-13-30-26(20(29)19(23)24)25(15(4)27)17(24)10-9-16(14(2)3)21(25)31-22(5,6)32-26/h11-12,16-17,19-21,29H,2,8-10,13H2,1,3-7H3/t16-,17-,19+,20-,21+,23+,24+,25+,26?/m0/s1. The highest BCUT2D eigenvalue weighted by atomic mass is 16.8. The lowest BCUT2D eigenvalue weighted by Crippen LogP contribution is -2.89. The number of aliphatic hydroxyl groups is 1. The second-order valence-electron chi connectivity index (χ2n) is 11.5. The highest BCUT2D eigenvalue weighted by Crippen LogP contribution is 2.76. The first kappa shape index (κ1) is 22.5. The lowest BCUT2D eigenvalue weighted by atomic mass is 9.34. The van der Waals surface area contributed by atoms with Gasteiger partial charge in [-0.25, -0.2) is 0 Å². The second-order valence-corrected chi connectivity index (χ2v) is 11.5. The van der Waals surface area contributed by atoms with E-state index in [4.69, 9.17) is 14.2 Å². The second kappa shape index (κ2) is 6.41. The molecule has 0 aromatic heterocycles. The largest absolute Gasteiger partial charge is 0.387 e. The average Bonchev–Trinajstić information content (AvgIpc) is 2.71. The average molecular weight is 445 g/mol. The van der Waals surface area contributed by atoms with Gasteiger partial charge in [0.05, 0.1) is 18.1 Å². The number of ketones is 2. The molecule has 6 aliphatic rings. The number of ether oxygens (including phenoxy) is 3. The molecule has 2 saturated carbocycles. The summed E-state index contributed by atoms with van der Waals surface area (Å²) in [5.41, 5.74) is -1.76. The molecule has 3 aliphatic carbocycles. The fourth-order valence-corrected chi connectivity index (χ4v) is 8.38. The zero-order valence-corrected chi connectivity index (χ0v) is 20.1. The molecule has 0 aromatic carbocycles. The number of hydrogen-bond donors (Lipinski definition) is 1. The van der Waals surface area contributed by atoms with Gasteiger partial charge in [0.15, 0.2) is 11.6 Å². The van der Waals surface area contributed by atoms with Gasteiger partial charge in [-0.2, -0.15) is 0 Å². The monoisotopic (exact) mass is 444 g/mol. The molecule has 176 valence electrons. The van der Waals surface area contributed by atoms with Crippen LogP contribution in [0.1, 0.15) is 60.8 Å². The van der Waals surface area contributed by atoms with Gasteiger partial charge in [0.2, 0.25) is 5.79 Å². The number of carbonyl (C=O) groups excluding carboxylic acids is 2. The first-order chi connectivity index (χ1) is 14.8. The molecular weight excluding hydrogens is 408 g/mol. The molecule has 0 aromatic rings. The molecule has 5 fully saturated rings. The summed E-state index contributed by atoms with van der Waals surface area (Å²) in [6, 6.07) is 0. The van der Waals surface area contributed by atoms with E-state index in [2.05, 4.69) is 20.4 Å². The number of fused-ring (bicyclic) bond motifs is 1. The van der Waals surface area contributed by atoms with Crippen molar-refractivity contribution in [3.05, 3.63) is 24.3 Å². The van der Waals surface area contributed by atoms with Gasteiger partial charge in [-0.3, -0.25) is 9.59 Å². The third-order valence-corrected chi connectivity index (χ3v) is 9.68. The summed E-state index contributed by atoms with van der Waals surface area (Å²) in [5.74, 6) is -3.68. The SMILES string of the molecule is C=C(C)[C@@H]1CC[C@H]2[C@@]34COC5(OC(C)(C)O[C@H]1[C@@]25C(C)=O)[C@@H](O)[C@@H]3[C@](C)(CC)C=CC4=O. The number of rotatable bonds is 3. The van der Waals surface area contributed by atoms with Crippen molar-refractivity contribution >= 4 is 11.6 Å². The quantitative estimate of drug-likeness (QED) is 0.670. The first-order valence-corrected chi connectivity index (χ1v) is 11.9. The van der Waals surface area contributed by atoms with Crippen LogP contribution in [0.2, 0.25) is 0 Å². The van der Waals surface area contributed by atoms with Crippen LogP contribution in [0.3, 0.4) is 0 Å². The van der Waals surface area contributed by atoms with E-state index in [-0.39, 0.29) is 30.0 Å². The number of allylic oxidation sites excluding steroid dienone is 2. The molecule has 1 unspecified atom stereocenters. The molecule has 6 nitrogen and oxygen atoms in total. The summed E-state index contributed by atoms with van der Waals surface area (Å²) in [6.45, 7) is 15.6. The summed E-state index contributed by atoms with van der Waals surface area (Å²) in [5, 5.41) is 12.1. The summed E-state index contributed by atoms with van der Waals surface area (Å²) >= 11 is 0. The summed E-state index contributed by atoms with van der Waals surface area (Å²) in [6.07, 6.45) is 4.07. The van der Waals surface area contributed by atoms with Crippen molar-refractivity contribution in [3.8, 4) is 0 Å². The molecule has 9 atom stereocenters. The predicted octanol–water partition coefficient (Wildman–Crippen LogP) is 3.57. The molecule has 1 N–H and O–H groups in total. The first-order valence-electron chi connectivity index (χ1n) is 11.9. The molecule has 3 heterocycles. The van der Waals surface area contributed by atoms with Crippen LogP contribution in [0.25, 0.3) is 0 Å². The van der Waals surface area contributed by atoms with Gasteiger partial charge in [0, 0.05) is 11.8 Å². The van der Waals surface area contributed by atoms with Gasteiger partial charge in [-0.15, -0.1) is 0 Å². The van der Waals surface area contributed by atoms with E-state index in [1.54, 1.807) is 6.08 Å². The Morgan fingerprint density at radius 2 is 1.94 bits per heavy atom. The fourth-order valence-electron chi connectivity index (χ4n) is 8.38. The van der Waals surface area contributed by atoms with Crippen molar-refractivity contribution < 1.29 is 28.9 Å². The molecular formula is C26H36O6. The van der Waals surface area contributed by atoms with Crippen LogP contribution in [0.5, 0.6) is 0 Å². The zero-order chi connectivity index (χ0) is 23.5. The minimum absolute atomic E-state index is 0.0521. The topological polar surface area (TPSA) is 82.1 Å². The molecule has 3 aliphatic heterocycles. The van der Waals surface area contributed by atoms with Crippen molar-refractivity contribution in [2.75, 3.05) is 6.61 Å². The Morgan fingerprint density at radius 1 is 1.25 bits per heavy atom. The van der Waals surface area contributed by atoms with Crippen LogP contribution >= 0.6 is 0 Å². The highest BCUT2D eigenvalue weighted by molar-refractivity contribution is 5.99. The van der Waals surface area contributed by atoms with Crippen molar-refractivity contribution in [2.24, 2.45) is 34.0 Å². The van der Waals surface area contributed by atoms with Crippen LogP contribution < -0.4 is 0 Å². The lowest BCUT2D eigenvalue weighted by molar-refractivity contribution is -0.525. The van der Waals surface area contributed by atoms with E-state index in [0.29, 0.717) is 6.42 Å². The Morgan fingerprint density at radius 3 is 2.53 bits per heavy atom. The normalized spacial score (nSPS) is 52.8. The predicted molar refractivity (Wildman–Crippen MR) is 117 cm³/mol. The van der Waals surface area contributed by atoms with E-state index in [1.807, 2.05) is 26.8 Å². The third-order valence-electron chi connectivity index (χ3n) is 9.68. The van der Waals surface area contributed by atoms with Gasteiger partial charge in [0.25, 0.3) is 0 Å². The molecule has 2 bridgehead atoms. The Balaban J connectivity index is 1.85. The third kappa shape index (κ3) is 2.21. The number of carbonyl (C=O) groups is 2.